The lowest BCUT2D eigenvalue weighted by Crippen LogP contribution is -1.94. The molecule has 1 rings (SSSR count). The van der Waals surface area contributed by atoms with Crippen LogP contribution in [0.5, 0.6) is 0 Å². The fraction of sp³-hybridized carbons (Fsp3) is 0.833. The lowest BCUT2D eigenvalue weighted by Gasteiger charge is -1.97. The van der Waals surface area contributed by atoms with Gasteiger partial charge in [-0.25, -0.2) is 0 Å². The van der Waals surface area contributed by atoms with Gasteiger partial charge in [0.2, 0.25) is 0 Å². The quantitative estimate of drug-likeness (QED) is 0.322. The first-order chi connectivity index (χ1) is 6.93. The van der Waals surface area contributed by atoms with Crippen molar-refractivity contribution >= 4 is 0 Å². The first-order valence-electron chi connectivity index (χ1n) is 5.81. The zero-order chi connectivity index (χ0) is 10.1. The number of allylic oxidation sites excluding steroid dienone is 1. The van der Waals surface area contributed by atoms with Crippen molar-refractivity contribution in [3.05, 3.63) is 12.3 Å². The molecule has 2 nitrogen and oxygen atoms in total. The van der Waals surface area contributed by atoms with E-state index in [1.807, 2.05) is 6.26 Å². The maximum absolute atomic E-state index is 5.28. The Morgan fingerprint density at radius 2 is 2.07 bits per heavy atom. The SMILES string of the molecule is CCCCCCCC=COCC1CO1. The summed E-state index contributed by atoms with van der Waals surface area (Å²) in [6.07, 6.45) is 12.2. The van der Waals surface area contributed by atoms with Crippen molar-refractivity contribution in [1.29, 1.82) is 0 Å². The topological polar surface area (TPSA) is 21.8 Å². The van der Waals surface area contributed by atoms with Gasteiger partial charge < -0.3 is 9.47 Å². The zero-order valence-corrected chi connectivity index (χ0v) is 9.21. The van der Waals surface area contributed by atoms with Crippen molar-refractivity contribution in [3.63, 3.8) is 0 Å². The molecule has 82 valence electrons. The summed E-state index contributed by atoms with van der Waals surface area (Å²) in [7, 11) is 0. The minimum atomic E-state index is 0.379. The third kappa shape index (κ3) is 6.96. The predicted octanol–water partition coefficient (Wildman–Crippen LogP) is 3.28. The molecule has 1 atom stereocenters. The first kappa shape index (κ1) is 11.6. The number of unbranched alkanes of at least 4 members (excludes halogenated alkanes) is 5. The highest BCUT2D eigenvalue weighted by Crippen LogP contribution is 2.09. The normalized spacial score (nSPS) is 20.2. The van der Waals surface area contributed by atoms with E-state index in [9.17, 15) is 0 Å². The van der Waals surface area contributed by atoms with Gasteiger partial charge >= 0.3 is 0 Å². The van der Waals surface area contributed by atoms with Gasteiger partial charge in [-0.1, -0.05) is 32.6 Å². The number of ether oxygens (including phenoxy) is 2. The van der Waals surface area contributed by atoms with Crippen molar-refractivity contribution in [2.75, 3.05) is 13.2 Å². The lowest BCUT2D eigenvalue weighted by molar-refractivity contribution is 0.211. The van der Waals surface area contributed by atoms with E-state index in [2.05, 4.69) is 13.0 Å². The lowest BCUT2D eigenvalue weighted by atomic mass is 10.1. The molecule has 0 aliphatic carbocycles. The van der Waals surface area contributed by atoms with Crippen LogP contribution in [0.2, 0.25) is 0 Å². The summed E-state index contributed by atoms with van der Waals surface area (Å²) in [4.78, 5) is 0. The van der Waals surface area contributed by atoms with Crippen molar-refractivity contribution in [2.24, 2.45) is 0 Å². The van der Waals surface area contributed by atoms with Crippen molar-refractivity contribution in [3.8, 4) is 0 Å². The summed E-state index contributed by atoms with van der Waals surface area (Å²) in [5, 5.41) is 0. The van der Waals surface area contributed by atoms with Gasteiger partial charge in [0.1, 0.15) is 12.7 Å². The average molecular weight is 198 g/mol. The highest BCUT2D eigenvalue weighted by molar-refractivity contribution is 4.75. The Morgan fingerprint density at radius 3 is 2.79 bits per heavy atom. The Bertz CT molecular complexity index is 150. The molecule has 0 aromatic rings. The fourth-order valence-corrected chi connectivity index (χ4v) is 1.33. The molecule has 2 heteroatoms. The largest absolute Gasteiger partial charge is 0.499 e. The molecule has 1 aliphatic heterocycles. The Labute approximate surface area is 87.3 Å². The van der Waals surface area contributed by atoms with E-state index in [0.29, 0.717) is 6.10 Å². The van der Waals surface area contributed by atoms with Gasteiger partial charge in [0.05, 0.1) is 12.9 Å². The summed E-state index contributed by atoms with van der Waals surface area (Å²) >= 11 is 0. The molecule has 0 bridgehead atoms. The van der Waals surface area contributed by atoms with Crippen LogP contribution in [0.1, 0.15) is 45.4 Å². The van der Waals surface area contributed by atoms with Crippen LogP contribution in [-0.2, 0) is 9.47 Å². The Morgan fingerprint density at radius 1 is 1.29 bits per heavy atom. The van der Waals surface area contributed by atoms with E-state index >= 15 is 0 Å². The van der Waals surface area contributed by atoms with Gasteiger partial charge in [-0.3, -0.25) is 0 Å². The molecule has 1 aliphatic rings. The molecular formula is C12H22O2. The molecule has 0 spiro atoms. The molecule has 0 saturated carbocycles. The maximum atomic E-state index is 5.28. The number of rotatable bonds is 9. The highest BCUT2D eigenvalue weighted by atomic mass is 16.6. The molecule has 0 radical (unpaired) electrons. The van der Waals surface area contributed by atoms with E-state index in [1.54, 1.807) is 0 Å². The van der Waals surface area contributed by atoms with Crippen LogP contribution in [0.15, 0.2) is 12.3 Å². The Kier molecular flexibility index (Phi) is 6.50. The van der Waals surface area contributed by atoms with Gasteiger partial charge in [0.25, 0.3) is 0 Å². The van der Waals surface area contributed by atoms with Crippen LogP contribution in [0.4, 0.5) is 0 Å². The van der Waals surface area contributed by atoms with Gasteiger partial charge in [-0.2, -0.15) is 0 Å². The van der Waals surface area contributed by atoms with Crippen LogP contribution in [0.3, 0.4) is 0 Å². The van der Waals surface area contributed by atoms with Crippen LogP contribution >= 0.6 is 0 Å². The minimum absolute atomic E-state index is 0.379. The molecule has 0 aromatic heterocycles. The summed E-state index contributed by atoms with van der Waals surface area (Å²) in [5.74, 6) is 0. The third-order valence-corrected chi connectivity index (χ3v) is 2.35. The molecule has 14 heavy (non-hydrogen) atoms. The van der Waals surface area contributed by atoms with Crippen molar-refractivity contribution in [2.45, 2.75) is 51.6 Å². The average Bonchev–Trinajstić information content (AvgIpc) is 2.99. The Balaban J connectivity index is 1.73. The van der Waals surface area contributed by atoms with E-state index in [-0.39, 0.29) is 0 Å². The van der Waals surface area contributed by atoms with Gasteiger partial charge in [0.15, 0.2) is 0 Å². The number of hydrogen-bond donors (Lipinski definition) is 0. The number of hydrogen-bond acceptors (Lipinski definition) is 2. The molecule has 1 saturated heterocycles. The summed E-state index contributed by atoms with van der Waals surface area (Å²) in [5.41, 5.74) is 0. The van der Waals surface area contributed by atoms with Crippen LogP contribution in [0.25, 0.3) is 0 Å². The smallest absolute Gasteiger partial charge is 0.116 e. The van der Waals surface area contributed by atoms with Crippen molar-refractivity contribution in [1.82, 2.24) is 0 Å². The van der Waals surface area contributed by atoms with E-state index in [1.165, 1.54) is 32.1 Å². The monoisotopic (exact) mass is 198 g/mol. The van der Waals surface area contributed by atoms with Crippen LogP contribution in [0, 0.1) is 0 Å². The second kappa shape index (κ2) is 7.86. The molecule has 1 fully saturated rings. The highest BCUT2D eigenvalue weighted by Gasteiger charge is 2.22. The molecular weight excluding hydrogens is 176 g/mol. The minimum Gasteiger partial charge on any atom is -0.499 e. The van der Waals surface area contributed by atoms with Crippen molar-refractivity contribution < 1.29 is 9.47 Å². The maximum Gasteiger partial charge on any atom is 0.116 e. The van der Waals surface area contributed by atoms with E-state index in [4.69, 9.17) is 9.47 Å². The second-order valence-corrected chi connectivity index (χ2v) is 3.86. The zero-order valence-electron chi connectivity index (χ0n) is 9.21. The van der Waals surface area contributed by atoms with Crippen LogP contribution < -0.4 is 0 Å². The molecule has 0 N–H and O–H groups in total. The van der Waals surface area contributed by atoms with Gasteiger partial charge in [0, 0.05) is 0 Å². The van der Waals surface area contributed by atoms with E-state index in [0.717, 1.165) is 19.6 Å². The molecule has 1 unspecified atom stereocenters. The van der Waals surface area contributed by atoms with Gasteiger partial charge in [-0.15, -0.1) is 0 Å². The summed E-state index contributed by atoms with van der Waals surface area (Å²) in [6, 6.07) is 0. The summed E-state index contributed by atoms with van der Waals surface area (Å²) in [6.45, 7) is 3.85. The van der Waals surface area contributed by atoms with E-state index < -0.39 is 0 Å². The molecule has 1 heterocycles. The molecule has 0 amide bonds. The predicted molar refractivity (Wildman–Crippen MR) is 58.2 cm³/mol. The van der Waals surface area contributed by atoms with Gasteiger partial charge in [-0.05, 0) is 18.9 Å². The summed E-state index contributed by atoms with van der Waals surface area (Å²) < 4.78 is 10.3. The van der Waals surface area contributed by atoms with Crippen LogP contribution in [-0.4, -0.2) is 19.3 Å². The standard InChI is InChI=1S/C12H22O2/c1-2-3-4-5-6-7-8-9-13-10-12-11-14-12/h8-9,12H,2-7,10-11H2,1H3. The second-order valence-electron chi connectivity index (χ2n) is 3.86. The Hall–Kier alpha value is -0.500. The first-order valence-corrected chi connectivity index (χ1v) is 5.81. The fourth-order valence-electron chi connectivity index (χ4n) is 1.33. The third-order valence-electron chi connectivity index (χ3n) is 2.35. The molecule has 0 aromatic carbocycles. The number of epoxide rings is 1.